The first-order valence-electron chi connectivity index (χ1n) is 8.36. The van der Waals surface area contributed by atoms with Crippen molar-refractivity contribution in [3.8, 4) is 0 Å². The number of hydrogen-bond acceptors (Lipinski definition) is 4. The van der Waals surface area contributed by atoms with Crippen LogP contribution in [0, 0.1) is 3.57 Å². The molecule has 1 aromatic rings. The van der Waals surface area contributed by atoms with Crippen LogP contribution in [0.5, 0.6) is 0 Å². The van der Waals surface area contributed by atoms with Crippen molar-refractivity contribution in [2.24, 2.45) is 0 Å². The lowest BCUT2D eigenvalue weighted by atomic mass is 10.0. The highest BCUT2D eigenvalue weighted by atomic mass is 127. The molecule has 0 spiro atoms. The molecule has 5 heteroatoms. The van der Waals surface area contributed by atoms with Crippen molar-refractivity contribution in [2.45, 2.75) is 57.8 Å². The molecule has 1 aliphatic heterocycles. The number of rotatable bonds is 5. The molecule has 21 heavy (non-hydrogen) atoms. The van der Waals surface area contributed by atoms with Gasteiger partial charge in [-0.15, -0.1) is 0 Å². The molecule has 1 aliphatic carbocycles. The van der Waals surface area contributed by atoms with Gasteiger partial charge in [-0.2, -0.15) is 4.98 Å². The van der Waals surface area contributed by atoms with Crippen LogP contribution in [-0.4, -0.2) is 29.6 Å². The summed E-state index contributed by atoms with van der Waals surface area (Å²) in [7, 11) is 0. The maximum atomic E-state index is 4.97. The molecule has 0 atom stereocenters. The zero-order valence-corrected chi connectivity index (χ0v) is 15.0. The summed E-state index contributed by atoms with van der Waals surface area (Å²) in [5, 5.41) is 3.51. The van der Waals surface area contributed by atoms with Crippen molar-refractivity contribution in [1.82, 2.24) is 9.97 Å². The molecule has 3 rings (SSSR count). The second-order valence-corrected chi connectivity index (χ2v) is 7.25. The molecule has 2 aliphatic rings. The maximum Gasteiger partial charge on any atom is 0.227 e. The molecule has 116 valence electrons. The van der Waals surface area contributed by atoms with Gasteiger partial charge >= 0.3 is 0 Å². The van der Waals surface area contributed by atoms with Crippen molar-refractivity contribution in [1.29, 1.82) is 0 Å². The molecule has 0 aromatic carbocycles. The fourth-order valence-electron chi connectivity index (χ4n) is 3.34. The Hall–Kier alpha value is -0.590. The van der Waals surface area contributed by atoms with E-state index in [4.69, 9.17) is 9.97 Å². The summed E-state index contributed by atoms with van der Waals surface area (Å²) in [5.74, 6) is 2.65. The van der Waals surface area contributed by atoms with Gasteiger partial charge < -0.3 is 10.2 Å². The highest BCUT2D eigenvalue weighted by Gasteiger charge is 2.25. The quantitative estimate of drug-likeness (QED) is 0.754. The predicted molar refractivity (Wildman–Crippen MR) is 96.2 cm³/mol. The first-order valence-corrected chi connectivity index (χ1v) is 9.43. The van der Waals surface area contributed by atoms with Gasteiger partial charge in [-0.3, -0.25) is 0 Å². The number of aromatic nitrogens is 2. The molecule has 0 bridgehead atoms. The normalized spacial score (nSPS) is 19.4. The van der Waals surface area contributed by atoms with Gasteiger partial charge in [0.1, 0.15) is 5.82 Å². The zero-order valence-electron chi connectivity index (χ0n) is 12.9. The fraction of sp³-hybridized carbons (Fsp3) is 0.750. The smallest absolute Gasteiger partial charge is 0.227 e. The standard InChI is InChI=1S/C16H25IN4/c1-2-9-18-15-13(17)14(12-7-3-4-8-12)19-16(20-15)21-10-5-6-11-21/h12H,2-11H2,1H3,(H,18,19,20). The van der Waals surface area contributed by atoms with E-state index in [0.717, 1.165) is 37.8 Å². The maximum absolute atomic E-state index is 4.97. The highest BCUT2D eigenvalue weighted by molar-refractivity contribution is 14.1. The van der Waals surface area contributed by atoms with Gasteiger partial charge in [0.25, 0.3) is 0 Å². The number of hydrogen-bond donors (Lipinski definition) is 1. The van der Waals surface area contributed by atoms with E-state index in [1.807, 2.05) is 0 Å². The third-order valence-electron chi connectivity index (χ3n) is 4.54. The summed E-state index contributed by atoms with van der Waals surface area (Å²) in [4.78, 5) is 12.1. The molecule has 0 unspecified atom stereocenters. The molecule has 0 amide bonds. The van der Waals surface area contributed by atoms with Crippen molar-refractivity contribution < 1.29 is 0 Å². The molecule has 2 heterocycles. The Bertz CT molecular complexity index is 479. The van der Waals surface area contributed by atoms with Crippen LogP contribution in [0.4, 0.5) is 11.8 Å². The lowest BCUT2D eigenvalue weighted by molar-refractivity contribution is 0.685. The van der Waals surface area contributed by atoms with Crippen LogP contribution in [0.15, 0.2) is 0 Å². The monoisotopic (exact) mass is 400 g/mol. The van der Waals surface area contributed by atoms with Gasteiger partial charge in [-0.25, -0.2) is 4.98 Å². The lowest BCUT2D eigenvalue weighted by Crippen LogP contribution is -2.23. The van der Waals surface area contributed by atoms with Crippen LogP contribution < -0.4 is 10.2 Å². The lowest BCUT2D eigenvalue weighted by Gasteiger charge is -2.21. The van der Waals surface area contributed by atoms with E-state index in [1.54, 1.807) is 0 Å². The third-order valence-corrected chi connectivity index (χ3v) is 5.60. The Kier molecular flexibility index (Phi) is 5.19. The first kappa shape index (κ1) is 15.3. The molecule has 2 fully saturated rings. The molecule has 1 saturated heterocycles. The Morgan fingerprint density at radius 2 is 1.86 bits per heavy atom. The third kappa shape index (κ3) is 3.43. The second kappa shape index (κ2) is 7.11. The second-order valence-electron chi connectivity index (χ2n) is 6.17. The molecule has 0 radical (unpaired) electrons. The number of nitrogens with one attached hydrogen (secondary N) is 1. The van der Waals surface area contributed by atoms with Gasteiger partial charge in [-0.05, 0) is 54.7 Å². The van der Waals surface area contributed by atoms with Crippen LogP contribution in [-0.2, 0) is 0 Å². The number of anilines is 2. The van der Waals surface area contributed by atoms with Crippen LogP contribution in [0.25, 0.3) is 0 Å². The molecular weight excluding hydrogens is 375 g/mol. The minimum Gasteiger partial charge on any atom is -0.369 e. The van der Waals surface area contributed by atoms with Crippen LogP contribution >= 0.6 is 22.6 Å². The van der Waals surface area contributed by atoms with E-state index in [-0.39, 0.29) is 0 Å². The number of halogens is 1. The summed E-state index contributed by atoms with van der Waals surface area (Å²) in [5.41, 5.74) is 1.30. The summed E-state index contributed by atoms with van der Waals surface area (Å²) >= 11 is 2.44. The van der Waals surface area contributed by atoms with Gasteiger partial charge in [-0.1, -0.05) is 19.8 Å². The average Bonchev–Trinajstić information content (AvgIpc) is 3.19. The Morgan fingerprint density at radius 3 is 2.52 bits per heavy atom. The molecular formula is C16H25IN4. The van der Waals surface area contributed by atoms with Gasteiger partial charge in [0.15, 0.2) is 0 Å². The molecule has 1 aromatic heterocycles. The van der Waals surface area contributed by atoms with Crippen molar-refractivity contribution in [3.63, 3.8) is 0 Å². The van der Waals surface area contributed by atoms with Crippen LogP contribution in [0.2, 0.25) is 0 Å². The largest absolute Gasteiger partial charge is 0.369 e. The van der Waals surface area contributed by atoms with Gasteiger partial charge in [0.2, 0.25) is 5.95 Å². The summed E-state index contributed by atoms with van der Waals surface area (Å²) < 4.78 is 1.25. The van der Waals surface area contributed by atoms with E-state index in [9.17, 15) is 0 Å². The van der Waals surface area contributed by atoms with Gasteiger partial charge in [0, 0.05) is 25.6 Å². The van der Waals surface area contributed by atoms with E-state index in [1.165, 1.54) is 47.8 Å². The van der Waals surface area contributed by atoms with Gasteiger partial charge in [0.05, 0.1) is 9.26 Å². The van der Waals surface area contributed by atoms with E-state index in [0.29, 0.717) is 5.92 Å². The Labute approximate surface area is 141 Å². The van der Waals surface area contributed by atoms with E-state index in [2.05, 4.69) is 39.7 Å². The van der Waals surface area contributed by atoms with E-state index >= 15 is 0 Å². The number of nitrogens with zero attached hydrogens (tertiary/aromatic N) is 3. The average molecular weight is 400 g/mol. The van der Waals surface area contributed by atoms with E-state index < -0.39 is 0 Å². The summed E-state index contributed by atoms with van der Waals surface area (Å²) in [6.07, 6.45) is 8.94. The van der Waals surface area contributed by atoms with Crippen LogP contribution in [0.3, 0.4) is 0 Å². The Morgan fingerprint density at radius 1 is 1.14 bits per heavy atom. The first-order chi connectivity index (χ1) is 10.3. The zero-order chi connectivity index (χ0) is 14.7. The van der Waals surface area contributed by atoms with Crippen molar-refractivity contribution >= 4 is 34.4 Å². The fourth-order valence-corrected chi connectivity index (χ4v) is 4.21. The topological polar surface area (TPSA) is 41.1 Å². The van der Waals surface area contributed by atoms with Crippen molar-refractivity contribution in [2.75, 3.05) is 29.9 Å². The molecule has 1 saturated carbocycles. The minimum absolute atomic E-state index is 0.642. The predicted octanol–water partition coefficient (Wildman–Crippen LogP) is 4.16. The minimum atomic E-state index is 0.642. The van der Waals surface area contributed by atoms with Crippen LogP contribution in [0.1, 0.15) is 63.5 Å². The molecule has 4 nitrogen and oxygen atoms in total. The molecule has 1 N–H and O–H groups in total. The van der Waals surface area contributed by atoms with Crippen molar-refractivity contribution in [3.05, 3.63) is 9.26 Å². The summed E-state index contributed by atoms with van der Waals surface area (Å²) in [6.45, 7) is 5.40. The Balaban J connectivity index is 1.93. The summed E-state index contributed by atoms with van der Waals surface area (Å²) in [6, 6.07) is 0. The SMILES string of the molecule is CCCNc1nc(N2CCCC2)nc(C2CCCC2)c1I. The highest BCUT2D eigenvalue weighted by Crippen LogP contribution is 2.38.